The van der Waals surface area contributed by atoms with E-state index in [0.29, 0.717) is 24.9 Å². The number of carbonyl (C=O) groups is 2. The van der Waals surface area contributed by atoms with Gasteiger partial charge in [0, 0.05) is 25.9 Å². The van der Waals surface area contributed by atoms with Crippen LogP contribution in [0, 0.1) is 5.92 Å². The molecular formula is C20H30N2O2. The molecule has 4 nitrogen and oxygen atoms in total. The summed E-state index contributed by atoms with van der Waals surface area (Å²) < 4.78 is 0. The Bertz CT molecular complexity index is 577. The minimum absolute atomic E-state index is 0.0191. The monoisotopic (exact) mass is 330 g/mol. The summed E-state index contributed by atoms with van der Waals surface area (Å²) in [6.07, 6.45) is 1.99. The first kappa shape index (κ1) is 18.5. The van der Waals surface area contributed by atoms with Gasteiger partial charge in [0.25, 0.3) is 0 Å². The van der Waals surface area contributed by atoms with Crippen LogP contribution >= 0.6 is 0 Å². The van der Waals surface area contributed by atoms with E-state index in [2.05, 4.69) is 51.2 Å². The zero-order chi connectivity index (χ0) is 17.9. The number of rotatable bonds is 7. The average molecular weight is 330 g/mol. The van der Waals surface area contributed by atoms with E-state index in [1.54, 1.807) is 6.92 Å². The van der Waals surface area contributed by atoms with Crippen LogP contribution in [0.25, 0.3) is 0 Å². The second kappa shape index (κ2) is 7.82. The molecule has 24 heavy (non-hydrogen) atoms. The van der Waals surface area contributed by atoms with Crippen LogP contribution in [0.15, 0.2) is 18.2 Å². The van der Waals surface area contributed by atoms with E-state index in [1.165, 1.54) is 11.1 Å². The lowest BCUT2D eigenvalue weighted by Gasteiger charge is -2.29. The summed E-state index contributed by atoms with van der Waals surface area (Å²) in [5.74, 6) is 1.01. The summed E-state index contributed by atoms with van der Waals surface area (Å²) in [4.78, 5) is 26.0. The highest BCUT2D eigenvalue weighted by Gasteiger charge is 2.29. The van der Waals surface area contributed by atoms with Crippen LogP contribution in [-0.4, -0.2) is 24.9 Å². The summed E-state index contributed by atoms with van der Waals surface area (Å²) in [5, 5.41) is 2.96. The Morgan fingerprint density at radius 3 is 2.08 bits per heavy atom. The zero-order valence-electron chi connectivity index (χ0n) is 15.6. The van der Waals surface area contributed by atoms with Gasteiger partial charge in [-0.25, -0.2) is 0 Å². The van der Waals surface area contributed by atoms with Crippen molar-refractivity contribution in [3.05, 3.63) is 29.3 Å². The second-order valence-electron chi connectivity index (χ2n) is 7.33. The van der Waals surface area contributed by atoms with Crippen molar-refractivity contribution in [3.63, 3.8) is 0 Å². The van der Waals surface area contributed by atoms with E-state index in [9.17, 15) is 9.59 Å². The lowest BCUT2D eigenvalue weighted by Crippen LogP contribution is -2.39. The van der Waals surface area contributed by atoms with Crippen LogP contribution in [-0.2, 0) is 9.59 Å². The quantitative estimate of drug-likeness (QED) is 0.826. The average Bonchev–Trinajstić information content (AvgIpc) is 3.35. The first-order chi connectivity index (χ1) is 11.3. The smallest absolute Gasteiger partial charge is 0.223 e. The predicted octanol–water partition coefficient (Wildman–Crippen LogP) is 3.81. The van der Waals surface area contributed by atoms with E-state index in [4.69, 9.17) is 0 Å². The number of benzene rings is 1. The van der Waals surface area contributed by atoms with Gasteiger partial charge >= 0.3 is 0 Å². The molecule has 1 aliphatic carbocycles. The summed E-state index contributed by atoms with van der Waals surface area (Å²) in [7, 11) is 0. The van der Waals surface area contributed by atoms with E-state index in [1.807, 2.05) is 4.90 Å². The highest BCUT2D eigenvalue weighted by atomic mass is 16.2. The summed E-state index contributed by atoms with van der Waals surface area (Å²) in [6, 6.07) is 6.27. The Morgan fingerprint density at radius 1 is 1.12 bits per heavy atom. The SMILES string of the molecule is CC(=O)N(CCNC(=O)C1CC1)c1c(C(C)C)cccc1C(C)C. The Labute approximate surface area is 145 Å². The minimum Gasteiger partial charge on any atom is -0.354 e. The van der Waals surface area contributed by atoms with E-state index in [0.717, 1.165) is 18.5 Å². The van der Waals surface area contributed by atoms with Gasteiger partial charge in [0.15, 0.2) is 0 Å². The highest BCUT2D eigenvalue weighted by molar-refractivity contribution is 5.93. The number of para-hydroxylation sites is 1. The van der Waals surface area contributed by atoms with Crippen molar-refractivity contribution in [2.45, 2.75) is 59.3 Å². The number of hydrogen-bond acceptors (Lipinski definition) is 2. The highest BCUT2D eigenvalue weighted by Crippen LogP contribution is 2.35. The van der Waals surface area contributed by atoms with Crippen molar-refractivity contribution in [3.8, 4) is 0 Å². The number of amides is 2. The van der Waals surface area contributed by atoms with Gasteiger partial charge in [-0.1, -0.05) is 45.9 Å². The van der Waals surface area contributed by atoms with Crippen molar-refractivity contribution in [1.29, 1.82) is 0 Å². The Hall–Kier alpha value is -1.84. The molecule has 0 radical (unpaired) electrons. The second-order valence-corrected chi connectivity index (χ2v) is 7.33. The molecule has 1 aromatic carbocycles. The summed E-state index contributed by atoms with van der Waals surface area (Å²) >= 11 is 0. The molecule has 0 heterocycles. The standard InChI is InChI=1S/C20H30N2O2/c1-13(2)17-7-6-8-18(14(3)4)19(17)22(15(5)23)12-11-21-20(24)16-9-10-16/h6-8,13-14,16H,9-12H2,1-5H3,(H,21,24). The van der Waals surface area contributed by atoms with Crippen LogP contribution in [0.2, 0.25) is 0 Å². The van der Waals surface area contributed by atoms with Gasteiger partial charge in [-0.2, -0.15) is 0 Å². The van der Waals surface area contributed by atoms with Crippen LogP contribution in [0.3, 0.4) is 0 Å². The summed E-state index contributed by atoms with van der Waals surface area (Å²) in [6.45, 7) is 11.2. The molecule has 0 atom stereocenters. The maximum Gasteiger partial charge on any atom is 0.223 e. The third kappa shape index (κ3) is 4.37. The number of anilines is 1. The number of nitrogens with zero attached hydrogens (tertiary/aromatic N) is 1. The minimum atomic E-state index is 0.0191. The Morgan fingerprint density at radius 2 is 1.67 bits per heavy atom. The molecular weight excluding hydrogens is 300 g/mol. The first-order valence-electron chi connectivity index (χ1n) is 9.01. The maximum atomic E-state index is 12.3. The van der Waals surface area contributed by atoms with Gasteiger partial charge in [0.05, 0.1) is 5.69 Å². The third-order valence-electron chi connectivity index (χ3n) is 4.58. The van der Waals surface area contributed by atoms with Crippen LogP contribution in [0.1, 0.15) is 70.4 Å². The van der Waals surface area contributed by atoms with Gasteiger partial charge in [0.1, 0.15) is 0 Å². The fourth-order valence-electron chi connectivity index (χ4n) is 3.03. The van der Waals surface area contributed by atoms with Crippen molar-refractivity contribution in [1.82, 2.24) is 5.32 Å². The largest absolute Gasteiger partial charge is 0.354 e. The van der Waals surface area contributed by atoms with Gasteiger partial charge < -0.3 is 10.2 Å². The van der Waals surface area contributed by atoms with Crippen LogP contribution < -0.4 is 10.2 Å². The number of hydrogen-bond donors (Lipinski definition) is 1. The molecule has 1 saturated carbocycles. The maximum absolute atomic E-state index is 12.3. The van der Waals surface area contributed by atoms with Gasteiger partial charge in [-0.05, 0) is 35.8 Å². The molecule has 4 heteroatoms. The molecule has 0 bridgehead atoms. The molecule has 0 spiro atoms. The molecule has 0 unspecified atom stereocenters. The molecule has 0 aliphatic heterocycles. The lowest BCUT2D eigenvalue weighted by molar-refractivity contribution is -0.122. The van der Waals surface area contributed by atoms with Gasteiger partial charge in [-0.15, -0.1) is 0 Å². The molecule has 0 aromatic heterocycles. The number of carbonyl (C=O) groups excluding carboxylic acids is 2. The topological polar surface area (TPSA) is 49.4 Å². The van der Waals surface area contributed by atoms with E-state index >= 15 is 0 Å². The fraction of sp³-hybridized carbons (Fsp3) is 0.600. The van der Waals surface area contributed by atoms with Crippen molar-refractivity contribution < 1.29 is 9.59 Å². The molecule has 132 valence electrons. The Kier molecular flexibility index (Phi) is 6.03. The third-order valence-corrected chi connectivity index (χ3v) is 4.58. The normalized spacial score (nSPS) is 14.1. The molecule has 1 fully saturated rings. The molecule has 0 saturated heterocycles. The Balaban J connectivity index is 2.25. The van der Waals surface area contributed by atoms with Crippen molar-refractivity contribution >= 4 is 17.5 Å². The molecule has 2 rings (SSSR count). The molecule has 1 N–H and O–H groups in total. The molecule has 2 amide bonds. The van der Waals surface area contributed by atoms with Gasteiger partial charge in [0.2, 0.25) is 11.8 Å². The van der Waals surface area contributed by atoms with Crippen molar-refractivity contribution in [2.75, 3.05) is 18.0 Å². The number of nitrogens with one attached hydrogen (secondary N) is 1. The van der Waals surface area contributed by atoms with E-state index in [-0.39, 0.29) is 17.7 Å². The zero-order valence-corrected chi connectivity index (χ0v) is 15.6. The summed E-state index contributed by atoms with van der Waals surface area (Å²) in [5.41, 5.74) is 3.39. The lowest BCUT2D eigenvalue weighted by atomic mass is 9.92. The molecule has 1 aliphatic rings. The van der Waals surface area contributed by atoms with Crippen LogP contribution in [0.5, 0.6) is 0 Å². The predicted molar refractivity (Wildman–Crippen MR) is 98.4 cm³/mol. The molecule has 1 aromatic rings. The van der Waals surface area contributed by atoms with E-state index < -0.39 is 0 Å². The van der Waals surface area contributed by atoms with Gasteiger partial charge in [-0.3, -0.25) is 9.59 Å². The van der Waals surface area contributed by atoms with Crippen molar-refractivity contribution in [2.24, 2.45) is 5.92 Å². The first-order valence-corrected chi connectivity index (χ1v) is 9.01. The fourth-order valence-corrected chi connectivity index (χ4v) is 3.03. The van der Waals surface area contributed by atoms with Crippen LogP contribution in [0.4, 0.5) is 5.69 Å².